The summed E-state index contributed by atoms with van der Waals surface area (Å²) >= 11 is 4.90. The molecule has 19 heavy (non-hydrogen) atoms. The average Bonchev–Trinajstić information content (AvgIpc) is 2.70. The normalized spacial score (nSPS) is 30.7. The lowest BCUT2D eigenvalue weighted by Crippen LogP contribution is -2.36. The van der Waals surface area contributed by atoms with Crippen molar-refractivity contribution in [3.63, 3.8) is 0 Å². The molecule has 1 aliphatic heterocycles. The maximum absolute atomic E-state index is 12.4. The molecule has 3 N–H and O–H groups in total. The van der Waals surface area contributed by atoms with Crippen molar-refractivity contribution in [3.05, 3.63) is 26.9 Å². The highest BCUT2D eigenvalue weighted by molar-refractivity contribution is 7.71. The molecule has 0 aliphatic carbocycles. The highest BCUT2D eigenvalue weighted by Gasteiger charge is 2.46. The van der Waals surface area contributed by atoms with Gasteiger partial charge < -0.3 is 14.9 Å². The molecular formula is C10H13FN2O5S. The predicted octanol–water partition coefficient (Wildman–Crippen LogP) is -0.265. The smallest absolute Gasteiger partial charge is 0.328 e. The molecule has 0 bridgehead atoms. The lowest BCUT2D eigenvalue weighted by atomic mass is 10.1. The molecule has 2 rings (SSSR count). The molecule has 0 spiro atoms. The molecular weight excluding hydrogens is 279 g/mol. The standard InChI is InChI=1S/C10H13FN2O5S/c1-4-2-13(10(16)12-8(4)19)9-6(15)7(18-11)5(3-14)17-9/h2,5-7,9,14-15H,3H2,1H3,(H,12,16,19)/t5-,6?,7?,9-/m1/s1. The summed E-state index contributed by atoms with van der Waals surface area (Å²) in [5.74, 6) is 0. The number of H-pyrrole nitrogens is 1. The van der Waals surface area contributed by atoms with Crippen LogP contribution in [-0.4, -0.2) is 44.7 Å². The number of nitrogens with zero attached hydrogens (tertiary/aromatic N) is 1. The average molecular weight is 292 g/mol. The molecule has 0 aromatic carbocycles. The van der Waals surface area contributed by atoms with E-state index in [-0.39, 0.29) is 4.64 Å². The van der Waals surface area contributed by atoms with Crippen molar-refractivity contribution >= 4 is 12.2 Å². The fourth-order valence-electron chi connectivity index (χ4n) is 1.98. The summed E-state index contributed by atoms with van der Waals surface area (Å²) in [6, 6.07) is 0. The predicted molar refractivity (Wildman–Crippen MR) is 63.6 cm³/mol. The monoisotopic (exact) mass is 292 g/mol. The molecule has 2 heterocycles. The summed E-state index contributed by atoms with van der Waals surface area (Å²) in [7, 11) is 0. The number of halogens is 1. The second-order valence-electron chi connectivity index (χ2n) is 4.27. The van der Waals surface area contributed by atoms with E-state index in [0.717, 1.165) is 4.57 Å². The Labute approximate surface area is 112 Å². The van der Waals surface area contributed by atoms with Crippen LogP contribution in [0.5, 0.6) is 0 Å². The van der Waals surface area contributed by atoms with Crippen molar-refractivity contribution in [1.29, 1.82) is 0 Å². The zero-order chi connectivity index (χ0) is 14.2. The second kappa shape index (κ2) is 5.47. The molecule has 9 heteroatoms. The summed E-state index contributed by atoms with van der Waals surface area (Å²) in [5, 5.41) is 18.9. The second-order valence-corrected chi connectivity index (χ2v) is 4.68. The van der Waals surface area contributed by atoms with E-state index in [9.17, 15) is 14.4 Å². The van der Waals surface area contributed by atoms with Gasteiger partial charge in [0.05, 0.1) is 6.61 Å². The van der Waals surface area contributed by atoms with Crippen LogP contribution in [0.4, 0.5) is 4.53 Å². The van der Waals surface area contributed by atoms with Crippen LogP contribution < -0.4 is 5.69 Å². The van der Waals surface area contributed by atoms with E-state index < -0.39 is 36.8 Å². The van der Waals surface area contributed by atoms with Gasteiger partial charge in [-0.15, -0.1) is 0 Å². The molecule has 1 aliphatic rings. The first-order valence-corrected chi connectivity index (χ1v) is 5.94. The number of hydrogen-bond donors (Lipinski definition) is 3. The molecule has 1 saturated heterocycles. The summed E-state index contributed by atoms with van der Waals surface area (Å²) in [4.78, 5) is 17.8. The topological polar surface area (TPSA) is 96.7 Å². The number of nitrogens with one attached hydrogen (secondary N) is 1. The fourth-order valence-corrected chi connectivity index (χ4v) is 2.12. The number of aromatic nitrogens is 2. The third-order valence-electron chi connectivity index (χ3n) is 3.01. The van der Waals surface area contributed by atoms with Gasteiger partial charge in [0.25, 0.3) is 0 Å². The summed E-state index contributed by atoms with van der Waals surface area (Å²) in [6.45, 7) is 1.13. The van der Waals surface area contributed by atoms with E-state index in [0.29, 0.717) is 5.56 Å². The highest BCUT2D eigenvalue weighted by Crippen LogP contribution is 2.30. The van der Waals surface area contributed by atoms with Crippen molar-refractivity contribution in [2.75, 3.05) is 6.61 Å². The van der Waals surface area contributed by atoms with Crippen LogP contribution in [0.15, 0.2) is 11.0 Å². The Bertz CT molecular complexity index is 574. The molecule has 1 aromatic rings. The number of hydrogen-bond acceptors (Lipinski definition) is 6. The van der Waals surface area contributed by atoms with Gasteiger partial charge in [0.15, 0.2) is 12.3 Å². The van der Waals surface area contributed by atoms with Crippen molar-refractivity contribution in [2.24, 2.45) is 0 Å². The molecule has 0 saturated carbocycles. The van der Waals surface area contributed by atoms with Gasteiger partial charge in [-0.25, -0.2) is 4.79 Å². The van der Waals surface area contributed by atoms with E-state index in [1.807, 2.05) is 0 Å². The summed E-state index contributed by atoms with van der Waals surface area (Å²) in [5.41, 5.74) is -0.00795. The number of aliphatic hydroxyl groups is 2. The van der Waals surface area contributed by atoms with Gasteiger partial charge in [-0.1, -0.05) is 12.2 Å². The maximum Gasteiger partial charge on any atom is 0.328 e. The molecule has 4 atom stereocenters. The Hall–Kier alpha value is -1.13. The number of aryl methyl sites for hydroxylation is 1. The van der Waals surface area contributed by atoms with Crippen molar-refractivity contribution in [2.45, 2.75) is 31.5 Å². The SMILES string of the molecule is Cc1cn([C@@H]2O[C@H](CO)C(OF)C2O)c(=O)[nH]c1=S. The van der Waals surface area contributed by atoms with Crippen molar-refractivity contribution < 1.29 is 24.4 Å². The number of aliphatic hydroxyl groups excluding tert-OH is 2. The molecule has 0 radical (unpaired) electrons. The Morgan fingerprint density at radius 3 is 2.89 bits per heavy atom. The fraction of sp³-hybridized carbons (Fsp3) is 0.600. The van der Waals surface area contributed by atoms with E-state index in [4.69, 9.17) is 22.1 Å². The Balaban J connectivity index is 2.41. The van der Waals surface area contributed by atoms with Gasteiger partial charge >= 0.3 is 5.69 Å². The van der Waals surface area contributed by atoms with Crippen LogP contribution in [0.1, 0.15) is 11.8 Å². The van der Waals surface area contributed by atoms with Crippen LogP contribution in [0.25, 0.3) is 0 Å². The van der Waals surface area contributed by atoms with Gasteiger partial charge in [0.1, 0.15) is 16.8 Å². The minimum atomic E-state index is -1.43. The Kier molecular flexibility index (Phi) is 4.11. The van der Waals surface area contributed by atoms with Crippen LogP contribution in [0, 0.1) is 11.6 Å². The van der Waals surface area contributed by atoms with Crippen LogP contribution in [0.3, 0.4) is 0 Å². The summed E-state index contributed by atoms with van der Waals surface area (Å²) < 4.78 is 18.9. The number of rotatable bonds is 3. The summed E-state index contributed by atoms with van der Waals surface area (Å²) in [6.07, 6.45) is -3.60. The third-order valence-corrected chi connectivity index (χ3v) is 3.44. The van der Waals surface area contributed by atoms with Crippen molar-refractivity contribution in [1.82, 2.24) is 9.55 Å². The van der Waals surface area contributed by atoms with Gasteiger partial charge in [0, 0.05) is 11.8 Å². The van der Waals surface area contributed by atoms with E-state index in [1.54, 1.807) is 6.92 Å². The molecule has 1 fully saturated rings. The zero-order valence-electron chi connectivity index (χ0n) is 9.95. The van der Waals surface area contributed by atoms with Gasteiger partial charge in [0.2, 0.25) is 0 Å². The van der Waals surface area contributed by atoms with Gasteiger partial charge in [-0.2, -0.15) is 4.94 Å². The first-order chi connectivity index (χ1) is 8.99. The lowest BCUT2D eigenvalue weighted by Gasteiger charge is -2.17. The van der Waals surface area contributed by atoms with Crippen molar-refractivity contribution in [3.8, 4) is 0 Å². The van der Waals surface area contributed by atoms with E-state index in [1.165, 1.54) is 6.20 Å². The molecule has 7 nitrogen and oxygen atoms in total. The van der Waals surface area contributed by atoms with Gasteiger partial charge in [-0.3, -0.25) is 9.55 Å². The first-order valence-electron chi connectivity index (χ1n) is 5.53. The quantitative estimate of drug-likeness (QED) is 0.664. The van der Waals surface area contributed by atoms with E-state index >= 15 is 0 Å². The Morgan fingerprint density at radius 1 is 1.68 bits per heavy atom. The van der Waals surface area contributed by atoms with E-state index in [2.05, 4.69) is 9.93 Å². The molecule has 2 unspecified atom stereocenters. The van der Waals surface area contributed by atoms with Gasteiger partial charge in [-0.05, 0) is 11.4 Å². The zero-order valence-corrected chi connectivity index (χ0v) is 10.8. The van der Waals surface area contributed by atoms with Crippen LogP contribution in [0.2, 0.25) is 0 Å². The molecule has 1 aromatic heterocycles. The minimum Gasteiger partial charge on any atom is -0.394 e. The third kappa shape index (κ3) is 2.47. The molecule has 106 valence electrons. The Morgan fingerprint density at radius 2 is 2.37 bits per heavy atom. The molecule has 0 amide bonds. The largest absolute Gasteiger partial charge is 0.394 e. The maximum atomic E-state index is 12.4. The van der Waals surface area contributed by atoms with Crippen LogP contribution in [-0.2, 0) is 9.68 Å². The highest BCUT2D eigenvalue weighted by atomic mass is 32.1. The van der Waals surface area contributed by atoms with Crippen LogP contribution >= 0.6 is 12.2 Å². The first kappa shape index (κ1) is 14.3. The minimum absolute atomic E-state index is 0.269. The number of aromatic amines is 1. The number of ether oxygens (including phenoxy) is 1. The lowest BCUT2D eigenvalue weighted by molar-refractivity contribution is -0.214.